The summed E-state index contributed by atoms with van der Waals surface area (Å²) >= 11 is 7.05. The first-order chi connectivity index (χ1) is 14.1. The van der Waals surface area contributed by atoms with Crippen molar-refractivity contribution in [2.24, 2.45) is 23.2 Å². The van der Waals surface area contributed by atoms with Gasteiger partial charge in [-0.2, -0.15) is 0 Å². The summed E-state index contributed by atoms with van der Waals surface area (Å²) in [5, 5.41) is 0. The lowest BCUT2D eigenvalue weighted by atomic mass is 9.59. The predicted octanol–water partition coefficient (Wildman–Crippen LogP) is 7.68. The average Bonchev–Trinajstić information content (AvgIpc) is 2.65. The molecule has 0 N–H and O–H groups in total. The standard InChI is InChI=1S/C27H41ClO2/c1-21(2)18-23-12-14-27(20-22(3)4,26(5,6)28)24(19-23)13-15-29-16-17-30-25-10-8-7-9-11-25/h7-12,14,19,21-22,24H,13,15-18,20H2,1-6H3. The van der Waals surface area contributed by atoms with E-state index in [9.17, 15) is 0 Å². The van der Waals surface area contributed by atoms with Gasteiger partial charge in [-0.3, -0.25) is 0 Å². The fraction of sp³-hybridized carbons (Fsp3) is 0.630. The van der Waals surface area contributed by atoms with Crippen LogP contribution in [0.25, 0.3) is 0 Å². The van der Waals surface area contributed by atoms with E-state index in [-0.39, 0.29) is 10.3 Å². The van der Waals surface area contributed by atoms with Crippen LogP contribution in [0.5, 0.6) is 5.75 Å². The summed E-state index contributed by atoms with van der Waals surface area (Å²) in [5.74, 6) is 2.49. The molecule has 0 amide bonds. The Hall–Kier alpha value is -1.25. The first-order valence-electron chi connectivity index (χ1n) is 11.5. The van der Waals surface area contributed by atoms with E-state index >= 15 is 0 Å². The Kier molecular flexibility index (Phi) is 9.50. The highest BCUT2D eigenvalue weighted by Crippen LogP contribution is 2.53. The number of ether oxygens (including phenoxy) is 2. The Morgan fingerprint density at radius 2 is 1.70 bits per heavy atom. The fourth-order valence-corrected chi connectivity index (χ4v) is 4.89. The van der Waals surface area contributed by atoms with Crippen molar-refractivity contribution in [1.29, 1.82) is 0 Å². The maximum atomic E-state index is 7.05. The number of para-hydroxylation sites is 1. The predicted molar refractivity (Wildman–Crippen MR) is 129 cm³/mol. The van der Waals surface area contributed by atoms with Crippen molar-refractivity contribution < 1.29 is 9.47 Å². The number of benzene rings is 1. The lowest BCUT2D eigenvalue weighted by molar-refractivity contribution is 0.0708. The summed E-state index contributed by atoms with van der Waals surface area (Å²) in [6.45, 7) is 15.4. The third-order valence-corrected chi connectivity index (χ3v) is 6.33. The summed E-state index contributed by atoms with van der Waals surface area (Å²) in [5.41, 5.74) is 1.37. The molecule has 3 heteroatoms. The molecule has 1 aliphatic rings. The zero-order chi connectivity index (χ0) is 22.2. The largest absolute Gasteiger partial charge is 0.491 e. The second-order valence-corrected chi connectivity index (χ2v) is 10.9. The van der Waals surface area contributed by atoms with Gasteiger partial charge in [0, 0.05) is 16.9 Å². The molecule has 2 atom stereocenters. The number of alkyl halides is 1. The number of hydrogen-bond acceptors (Lipinski definition) is 2. The quantitative estimate of drug-likeness (QED) is 0.249. The van der Waals surface area contributed by atoms with Crippen LogP contribution in [0.3, 0.4) is 0 Å². The highest BCUT2D eigenvalue weighted by atomic mass is 35.5. The third kappa shape index (κ3) is 7.17. The molecule has 0 aliphatic heterocycles. The van der Waals surface area contributed by atoms with Gasteiger partial charge >= 0.3 is 0 Å². The van der Waals surface area contributed by atoms with Crippen molar-refractivity contribution in [3.63, 3.8) is 0 Å². The second kappa shape index (κ2) is 11.4. The van der Waals surface area contributed by atoms with Crippen LogP contribution < -0.4 is 4.74 Å². The van der Waals surface area contributed by atoms with Crippen molar-refractivity contribution in [3.8, 4) is 5.75 Å². The summed E-state index contributed by atoms with van der Waals surface area (Å²) in [6, 6.07) is 9.90. The third-order valence-electron chi connectivity index (χ3n) is 5.98. The van der Waals surface area contributed by atoms with Crippen molar-refractivity contribution in [1.82, 2.24) is 0 Å². The van der Waals surface area contributed by atoms with Crippen LogP contribution in [-0.4, -0.2) is 24.7 Å². The molecular formula is C27H41ClO2. The molecular weight excluding hydrogens is 392 g/mol. The van der Waals surface area contributed by atoms with E-state index in [0.717, 1.165) is 31.6 Å². The van der Waals surface area contributed by atoms with Gasteiger partial charge in [-0.25, -0.2) is 0 Å². The minimum atomic E-state index is -0.325. The van der Waals surface area contributed by atoms with Crippen LogP contribution in [0.4, 0.5) is 0 Å². The molecule has 0 saturated carbocycles. The first-order valence-corrected chi connectivity index (χ1v) is 11.9. The molecule has 0 heterocycles. The van der Waals surface area contributed by atoms with Crippen LogP contribution in [0, 0.1) is 23.2 Å². The van der Waals surface area contributed by atoms with Gasteiger partial charge in [0.1, 0.15) is 12.4 Å². The highest BCUT2D eigenvalue weighted by Gasteiger charge is 2.48. The minimum Gasteiger partial charge on any atom is -0.491 e. The molecule has 30 heavy (non-hydrogen) atoms. The number of allylic oxidation sites excluding steroid dienone is 4. The van der Waals surface area contributed by atoms with Crippen LogP contribution >= 0.6 is 11.6 Å². The van der Waals surface area contributed by atoms with E-state index < -0.39 is 0 Å². The minimum absolute atomic E-state index is 0.0624. The van der Waals surface area contributed by atoms with Crippen molar-refractivity contribution >= 4 is 11.6 Å². The Bertz CT molecular complexity index is 685. The van der Waals surface area contributed by atoms with Crippen LogP contribution in [0.1, 0.15) is 60.8 Å². The monoisotopic (exact) mass is 432 g/mol. The molecule has 2 rings (SSSR count). The number of rotatable bonds is 12. The van der Waals surface area contributed by atoms with Crippen molar-refractivity contribution in [2.75, 3.05) is 19.8 Å². The molecule has 0 spiro atoms. The lowest BCUT2D eigenvalue weighted by Crippen LogP contribution is -2.46. The van der Waals surface area contributed by atoms with Gasteiger partial charge in [0.2, 0.25) is 0 Å². The Morgan fingerprint density at radius 3 is 2.30 bits per heavy atom. The summed E-state index contributed by atoms with van der Waals surface area (Å²) in [6.07, 6.45) is 10.4. The van der Waals surface area contributed by atoms with Gasteiger partial charge < -0.3 is 9.47 Å². The van der Waals surface area contributed by atoms with Gasteiger partial charge in [-0.05, 0) is 63.0 Å². The maximum absolute atomic E-state index is 7.05. The smallest absolute Gasteiger partial charge is 0.119 e. The Balaban J connectivity index is 2.00. The highest BCUT2D eigenvalue weighted by molar-refractivity contribution is 6.24. The van der Waals surface area contributed by atoms with E-state index in [2.05, 4.69) is 59.8 Å². The van der Waals surface area contributed by atoms with E-state index in [1.165, 1.54) is 5.57 Å². The zero-order valence-electron chi connectivity index (χ0n) is 19.8. The number of halogens is 1. The number of hydrogen-bond donors (Lipinski definition) is 0. The normalized spacial score (nSPS) is 21.9. The Morgan fingerprint density at radius 1 is 1.00 bits per heavy atom. The van der Waals surface area contributed by atoms with E-state index in [0.29, 0.717) is 31.0 Å². The fourth-order valence-electron chi connectivity index (χ4n) is 4.61. The molecule has 1 aromatic rings. The summed E-state index contributed by atoms with van der Waals surface area (Å²) < 4.78 is 11.7. The molecule has 168 valence electrons. The Labute approximate surface area is 189 Å². The SMILES string of the molecule is CC(C)CC1=CC(CCOCCOc2ccccc2)C(CC(C)C)(C(C)(C)Cl)C=C1. The molecule has 0 bridgehead atoms. The molecule has 1 aromatic carbocycles. The summed E-state index contributed by atoms with van der Waals surface area (Å²) in [7, 11) is 0. The van der Waals surface area contributed by atoms with E-state index in [1.54, 1.807) is 0 Å². The molecule has 2 unspecified atom stereocenters. The van der Waals surface area contributed by atoms with Gasteiger partial charge in [0.05, 0.1) is 6.61 Å². The van der Waals surface area contributed by atoms with Crippen LogP contribution in [0.2, 0.25) is 0 Å². The maximum Gasteiger partial charge on any atom is 0.119 e. The second-order valence-electron chi connectivity index (χ2n) is 9.95. The van der Waals surface area contributed by atoms with Crippen molar-refractivity contribution in [3.05, 3.63) is 54.1 Å². The van der Waals surface area contributed by atoms with Gasteiger partial charge in [-0.15, -0.1) is 11.6 Å². The van der Waals surface area contributed by atoms with Gasteiger partial charge in [-0.1, -0.05) is 69.7 Å². The first kappa shape index (κ1) is 25.0. The molecule has 0 saturated heterocycles. The lowest BCUT2D eigenvalue weighted by Gasteiger charge is -2.49. The van der Waals surface area contributed by atoms with Gasteiger partial charge in [0.25, 0.3) is 0 Å². The van der Waals surface area contributed by atoms with Gasteiger partial charge in [0.15, 0.2) is 0 Å². The topological polar surface area (TPSA) is 18.5 Å². The molecule has 1 aliphatic carbocycles. The van der Waals surface area contributed by atoms with E-state index in [4.69, 9.17) is 21.1 Å². The van der Waals surface area contributed by atoms with Crippen LogP contribution in [-0.2, 0) is 4.74 Å². The van der Waals surface area contributed by atoms with E-state index in [1.807, 2.05) is 30.3 Å². The zero-order valence-corrected chi connectivity index (χ0v) is 20.5. The van der Waals surface area contributed by atoms with Crippen molar-refractivity contribution in [2.45, 2.75) is 65.7 Å². The average molecular weight is 433 g/mol. The molecule has 2 nitrogen and oxygen atoms in total. The molecule has 0 fully saturated rings. The molecule has 0 radical (unpaired) electrons. The molecule has 0 aromatic heterocycles. The van der Waals surface area contributed by atoms with Crippen LogP contribution in [0.15, 0.2) is 54.1 Å². The summed E-state index contributed by atoms with van der Waals surface area (Å²) in [4.78, 5) is -0.325.